The van der Waals surface area contributed by atoms with Gasteiger partial charge in [0.1, 0.15) is 12.0 Å². The predicted octanol–water partition coefficient (Wildman–Crippen LogP) is 2.37. The van der Waals surface area contributed by atoms with Crippen molar-refractivity contribution in [1.29, 1.82) is 0 Å². The number of hydrogen-bond acceptors (Lipinski definition) is 4. The van der Waals surface area contributed by atoms with Crippen molar-refractivity contribution < 1.29 is 9.90 Å². The second-order valence-electron chi connectivity index (χ2n) is 3.57. The number of hydrogen-bond donors (Lipinski definition) is 2. The Morgan fingerprint density at radius 2 is 2.27 bits per heavy atom. The fourth-order valence-corrected chi connectivity index (χ4v) is 2.31. The third kappa shape index (κ3) is 2.27. The van der Waals surface area contributed by atoms with Crippen LogP contribution in [0.5, 0.6) is 5.75 Å². The lowest BCUT2D eigenvalue weighted by molar-refractivity contribution is -0.109. The molecule has 15 heavy (non-hydrogen) atoms. The molecule has 0 atom stereocenters. The molecule has 0 radical (unpaired) electrons. The second-order valence-corrected chi connectivity index (χ2v) is 4.79. The fourth-order valence-electron chi connectivity index (χ4n) is 1.13. The highest BCUT2D eigenvalue weighted by Crippen LogP contribution is 2.40. The van der Waals surface area contributed by atoms with Gasteiger partial charge in [0, 0.05) is 0 Å². The first-order valence-corrected chi connectivity index (χ1v) is 5.74. The largest absolute Gasteiger partial charge is 0.507 e. The highest BCUT2D eigenvalue weighted by atomic mass is 35.5. The molecular formula is C10H10ClNO2S. The average Bonchev–Trinajstić information content (AvgIpc) is 2.98. The normalized spacial score (nSPS) is 17.4. The van der Waals surface area contributed by atoms with E-state index in [1.807, 2.05) is 0 Å². The Morgan fingerprint density at radius 3 is 2.80 bits per heavy atom. The Kier molecular flexibility index (Phi) is 2.91. The number of carbonyl (C=O) groups is 1. The van der Waals surface area contributed by atoms with E-state index in [4.69, 9.17) is 11.6 Å². The molecule has 1 saturated carbocycles. The number of phenolic OH excluding ortho intramolecular Hbond substituents is 1. The van der Waals surface area contributed by atoms with Crippen LogP contribution in [-0.4, -0.2) is 16.9 Å². The van der Waals surface area contributed by atoms with Gasteiger partial charge in [0.2, 0.25) is 0 Å². The summed E-state index contributed by atoms with van der Waals surface area (Å²) >= 11 is 7.12. The summed E-state index contributed by atoms with van der Waals surface area (Å²) in [4.78, 5) is 11.3. The molecule has 80 valence electrons. The molecule has 1 aromatic rings. The Hall–Kier alpha value is -0.710. The van der Waals surface area contributed by atoms with Crippen LogP contribution in [0.3, 0.4) is 0 Å². The van der Waals surface area contributed by atoms with E-state index in [1.54, 1.807) is 18.2 Å². The van der Waals surface area contributed by atoms with Gasteiger partial charge in [-0.15, -0.1) is 0 Å². The van der Waals surface area contributed by atoms with Gasteiger partial charge >= 0.3 is 0 Å². The number of aldehydes is 1. The van der Waals surface area contributed by atoms with E-state index in [1.165, 1.54) is 11.9 Å². The zero-order valence-corrected chi connectivity index (χ0v) is 9.44. The third-order valence-corrected chi connectivity index (χ3v) is 3.89. The van der Waals surface area contributed by atoms with Crippen molar-refractivity contribution in [3.63, 3.8) is 0 Å². The van der Waals surface area contributed by atoms with E-state index in [0.717, 1.165) is 19.1 Å². The van der Waals surface area contributed by atoms with Gasteiger partial charge in [-0.3, -0.25) is 0 Å². The van der Waals surface area contributed by atoms with Crippen molar-refractivity contribution in [2.45, 2.75) is 23.3 Å². The number of rotatable bonds is 4. The van der Waals surface area contributed by atoms with Gasteiger partial charge in [-0.1, -0.05) is 17.7 Å². The molecule has 0 saturated heterocycles. The first-order chi connectivity index (χ1) is 7.17. The summed E-state index contributed by atoms with van der Waals surface area (Å²) in [6, 6.07) is 4.94. The molecule has 0 aromatic heterocycles. The van der Waals surface area contributed by atoms with Crippen LogP contribution in [0, 0.1) is 0 Å². The minimum absolute atomic E-state index is 0.127. The maximum Gasteiger partial charge on any atom is 0.140 e. The molecule has 2 N–H and O–H groups in total. The first-order valence-electron chi connectivity index (χ1n) is 4.55. The maximum atomic E-state index is 10.7. The average molecular weight is 244 g/mol. The van der Waals surface area contributed by atoms with E-state index < -0.39 is 5.54 Å². The highest BCUT2D eigenvalue weighted by Gasteiger charge is 2.42. The van der Waals surface area contributed by atoms with E-state index in [2.05, 4.69) is 4.72 Å². The molecule has 0 amide bonds. The number of phenols is 1. The topological polar surface area (TPSA) is 49.3 Å². The highest BCUT2D eigenvalue weighted by molar-refractivity contribution is 7.97. The Morgan fingerprint density at radius 1 is 1.53 bits per heavy atom. The van der Waals surface area contributed by atoms with Crippen LogP contribution in [0.4, 0.5) is 0 Å². The molecule has 0 bridgehead atoms. The minimum atomic E-state index is -0.406. The van der Waals surface area contributed by atoms with Gasteiger partial charge in [0.05, 0.1) is 15.5 Å². The van der Waals surface area contributed by atoms with Crippen molar-refractivity contribution in [2.24, 2.45) is 0 Å². The van der Waals surface area contributed by atoms with Crippen molar-refractivity contribution in [3.8, 4) is 5.75 Å². The van der Waals surface area contributed by atoms with Crippen LogP contribution in [0.25, 0.3) is 0 Å². The minimum Gasteiger partial charge on any atom is -0.507 e. The van der Waals surface area contributed by atoms with E-state index in [0.29, 0.717) is 9.92 Å². The summed E-state index contributed by atoms with van der Waals surface area (Å²) in [5.74, 6) is 0.127. The summed E-state index contributed by atoms with van der Waals surface area (Å²) in [5, 5.41) is 10.0. The third-order valence-electron chi connectivity index (χ3n) is 2.32. The molecule has 0 aliphatic heterocycles. The SMILES string of the molecule is O=CC1(NSc2c(O)cccc2Cl)CC1. The van der Waals surface area contributed by atoms with Gasteiger partial charge in [0.25, 0.3) is 0 Å². The fraction of sp³-hybridized carbons (Fsp3) is 0.300. The second kappa shape index (κ2) is 4.04. The van der Waals surface area contributed by atoms with Crippen LogP contribution in [0.1, 0.15) is 12.8 Å². The first kappa shape index (κ1) is 10.8. The summed E-state index contributed by atoms with van der Waals surface area (Å²) < 4.78 is 3.02. The van der Waals surface area contributed by atoms with Crippen LogP contribution >= 0.6 is 23.5 Å². The monoisotopic (exact) mass is 243 g/mol. The lowest BCUT2D eigenvalue weighted by Gasteiger charge is -2.11. The number of carbonyl (C=O) groups excluding carboxylic acids is 1. The molecule has 1 aliphatic rings. The van der Waals surface area contributed by atoms with Crippen LogP contribution in [-0.2, 0) is 4.79 Å². The van der Waals surface area contributed by atoms with E-state index in [-0.39, 0.29) is 5.75 Å². The summed E-state index contributed by atoms with van der Waals surface area (Å²) in [7, 11) is 0. The van der Waals surface area contributed by atoms with E-state index in [9.17, 15) is 9.90 Å². The van der Waals surface area contributed by atoms with Crippen LogP contribution in [0.2, 0.25) is 5.02 Å². The molecule has 0 spiro atoms. The standard InChI is InChI=1S/C10H10ClNO2S/c11-7-2-1-3-8(14)9(7)15-12-10(6-13)4-5-10/h1-3,6,12,14H,4-5H2. The van der Waals surface area contributed by atoms with Crippen LogP contribution < -0.4 is 4.72 Å². The molecule has 0 heterocycles. The summed E-state index contributed by atoms with van der Waals surface area (Å²) in [5.41, 5.74) is -0.406. The van der Waals surface area contributed by atoms with Crippen molar-refractivity contribution in [2.75, 3.05) is 0 Å². The number of aromatic hydroxyl groups is 1. The Labute approximate surface area is 97.0 Å². The zero-order valence-electron chi connectivity index (χ0n) is 7.87. The van der Waals surface area contributed by atoms with Crippen molar-refractivity contribution in [3.05, 3.63) is 23.2 Å². The maximum absolute atomic E-state index is 10.7. The molecule has 3 nitrogen and oxygen atoms in total. The number of benzene rings is 1. The summed E-state index contributed by atoms with van der Waals surface area (Å²) in [6.07, 6.45) is 2.59. The van der Waals surface area contributed by atoms with Crippen LogP contribution in [0.15, 0.2) is 23.1 Å². The van der Waals surface area contributed by atoms with E-state index >= 15 is 0 Å². The van der Waals surface area contributed by atoms with Gasteiger partial charge in [-0.2, -0.15) is 0 Å². The lowest BCUT2D eigenvalue weighted by Crippen LogP contribution is -2.26. The smallest absolute Gasteiger partial charge is 0.140 e. The molecule has 2 rings (SSSR count). The molecular weight excluding hydrogens is 234 g/mol. The molecule has 5 heteroatoms. The Balaban J connectivity index is 2.08. The van der Waals surface area contributed by atoms with Gasteiger partial charge in [0.15, 0.2) is 0 Å². The van der Waals surface area contributed by atoms with Crippen molar-refractivity contribution >= 4 is 29.8 Å². The van der Waals surface area contributed by atoms with Crippen molar-refractivity contribution in [1.82, 2.24) is 4.72 Å². The predicted molar refractivity (Wildman–Crippen MR) is 60.1 cm³/mol. The number of nitrogens with one attached hydrogen (secondary N) is 1. The molecule has 1 aromatic carbocycles. The molecule has 1 fully saturated rings. The van der Waals surface area contributed by atoms with Gasteiger partial charge < -0.3 is 9.90 Å². The number of halogens is 1. The van der Waals surface area contributed by atoms with Gasteiger partial charge in [-0.25, -0.2) is 4.72 Å². The zero-order chi connectivity index (χ0) is 10.9. The molecule has 1 aliphatic carbocycles. The van der Waals surface area contributed by atoms with Gasteiger partial charge in [-0.05, 0) is 36.9 Å². The molecule has 0 unspecified atom stereocenters. The summed E-state index contributed by atoms with van der Waals surface area (Å²) in [6.45, 7) is 0. The Bertz CT molecular complexity index is 373. The lowest BCUT2D eigenvalue weighted by atomic mass is 10.3. The quantitative estimate of drug-likeness (QED) is 0.630.